The third-order valence-electron chi connectivity index (χ3n) is 5.03. The standard InChI is InChI=1S/C24H16Cl2FN3O3/c1-13-18(25)3-2-4-19(13)30-23(32)20(26)21(24(30)33)28-16-9-5-14(6-10-16)22(31)29-17-11-7-15(27)8-12-17/h2-12,28H,1H3,(H,29,31). The van der Waals surface area contributed by atoms with Crippen molar-refractivity contribution in [3.63, 3.8) is 0 Å². The summed E-state index contributed by atoms with van der Waals surface area (Å²) in [6, 6.07) is 16.5. The number of halogens is 3. The molecule has 0 fully saturated rings. The van der Waals surface area contributed by atoms with Crippen LogP contribution in [0.15, 0.2) is 77.5 Å². The van der Waals surface area contributed by atoms with Crippen molar-refractivity contribution in [2.75, 3.05) is 15.5 Å². The van der Waals surface area contributed by atoms with Crippen LogP contribution in [-0.4, -0.2) is 17.7 Å². The zero-order valence-corrected chi connectivity index (χ0v) is 18.7. The van der Waals surface area contributed by atoms with Crippen LogP contribution in [0.1, 0.15) is 15.9 Å². The predicted molar refractivity (Wildman–Crippen MR) is 126 cm³/mol. The van der Waals surface area contributed by atoms with Crippen LogP contribution in [0.3, 0.4) is 0 Å². The Morgan fingerprint density at radius 2 is 1.52 bits per heavy atom. The van der Waals surface area contributed by atoms with Gasteiger partial charge in [-0.25, -0.2) is 9.29 Å². The fourth-order valence-electron chi connectivity index (χ4n) is 3.25. The van der Waals surface area contributed by atoms with E-state index in [4.69, 9.17) is 23.2 Å². The van der Waals surface area contributed by atoms with Crippen molar-refractivity contribution >= 4 is 58.0 Å². The molecular weight excluding hydrogens is 468 g/mol. The van der Waals surface area contributed by atoms with Gasteiger partial charge in [0.05, 0.1) is 5.69 Å². The fraction of sp³-hybridized carbons (Fsp3) is 0.0417. The summed E-state index contributed by atoms with van der Waals surface area (Å²) in [6.45, 7) is 1.70. The van der Waals surface area contributed by atoms with Crippen LogP contribution in [0.25, 0.3) is 0 Å². The number of hydrogen-bond donors (Lipinski definition) is 2. The molecule has 0 spiro atoms. The largest absolute Gasteiger partial charge is 0.350 e. The third-order valence-corrected chi connectivity index (χ3v) is 5.79. The third kappa shape index (κ3) is 4.46. The van der Waals surface area contributed by atoms with Crippen LogP contribution in [0.4, 0.5) is 21.5 Å². The van der Waals surface area contributed by atoms with Crippen molar-refractivity contribution in [2.24, 2.45) is 0 Å². The first-order chi connectivity index (χ1) is 15.8. The summed E-state index contributed by atoms with van der Waals surface area (Å²) in [5, 5.41) is 5.68. The molecule has 166 valence electrons. The highest BCUT2D eigenvalue weighted by Crippen LogP contribution is 2.34. The van der Waals surface area contributed by atoms with Gasteiger partial charge in [-0.05, 0) is 73.2 Å². The summed E-state index contributed by atoms with van der Waals surface area (Å²) < 4.78 is 13.0. The van der Waals surface area contributed by atoms with E-state index < -0.39 is 17.6 Å². The molecule has 1 aliphatic heterocycles. The molecule has 0 radical (unpaired) electrons. The Bertz CT molecular complexity index is 1310. The van der Waals surface area contributed by atoms with Gasteiger partial charge >= 0.3 is 0 Å². The van der Waals surface area contributed by atoms with Crippen LogP contribution in [-0.2, 0) is 9.59 Å². The molecule has 0 saturated heterocycles. The highest BCUT2D eigenvalue weighted by atomic mass is 35.5. The zero-order valence-electron chi connectivity index (χ0n) is 17.2. The first-order valence-electron chi connectivity index (χ1n) is 9.74. The molecule has 33 heavy (non-hydrogen) atoms. The van der Waals surface area contributed by atoms with Gasteiger partial charge in [-0.3, -0.25) is 14.4 Å². The van der Waals surface area contributed by atoms with Crippen LogP contribution < -0.4 is 15.5 Å². The van der Waals surface area contributed by atoms with Crippen LogP contribution >= 0.6 is 23.2 Å². The second-order valence-electron chi connectivity index (χ2n) is 7.18. The van der Waals surface area contributed by atoms with Gasteiger partial charge in [0.25, 0.3) is 17.7 Å². The lowest BCUT2D eigenvalue weighted by Crippen LogP contribution is -2.32. The molecule has 3 aromatic rings. The minimum absolute atomic E-state index is 0.0791. The first kappa shape index (κ1) is 22.5. The molecule has 1 aliphatic rings. The van der Waals surface area contributed by atoms with Gasteiger partial charge in [0.2, 0.25) is 0 Å². The maximum absolute atomic E-state index is 13.0. The Morgan fingerprint density at radius 1 is 0.879 bits per heavy atom. The molecule has 3 aromatic carbocycles. The molecule has 1 heterocycles. The van der Waals surface area contributed by atoms with E-state index in [9.17, 15) is 18.8 Å². The Balaban J connectivity index is 1.50. The molecule has 0 bridgehead atoms. The fourth-order valence-corrected chi connectivity index (χ4v) is 3.64. The number of nitrogens with one attached hydrogen (secondary N) is 2. The SMILES string of the molecule is Cc1c(Cl)cccc1N1C(=O)C(Cl)=C(Nc2ccc(C(=O)Nc3ccc(F)cc3)cc2)C1=O. The van der Waals surface area contributed by atoms with E-state index in [0.717, 1.165) is 4.90 Å². The maximum Gasteiger partial charge on any atom is 0.283 e. The van der Waals surface area contributed by atoms with E-state index in [1.807, 2.05) is 0 Å². The molecular formula is C24H16Cl2FN3O3. The van der Waals surface area contributed by atoms with Gasteiger partial charge < -0.3 is 10.6 Å². The lowest BCUT2D eigenvalue weighted by atomic mass is 10.1. The summed E-state index contributed by atoms with van der Waals surface area (Å²) in [7, 11) is 0. The van der Waals surface area contributed by atoms with Gasteiger partial charge in [-0.1, -0.05) is 29.3 Å². The van der Waals surface area contributed by atoms with Gasteiger partial charge in [-0.2, -0.15) is 0 Å². The monoisotopic (exact) mass is 483 g/mol. The number of hydrogen-bond acceptors (Lipinski definition) is 4. The quantitative estimate of drug-likeness (QED) is 0.471. The van der Waals surface area contributed by atoms with Crippen molar-refractivity contribution in [3.05, 3.63) is 99.4 Å². The van der Waals surface area contributed by atoms with Crippen molar-refractivity contribution in [1.82, 2.24) is 0 Å². The van der Waals surface area contributed by atoms with E-state index in [1.54, 1.807) is 37.3 Å². The van der Waals surface area contributed by atoms with Crippen molar-refractivity contribution < 1.29 is 18.8 Å². The molecule has 0 unspecified atom stereocenters. The highest BCUT2D eigenvalue weighted by Gasteiger charge is 2.39. The molecule has 6 nitrogen and oxygen atoms in total. The molecule has 3 amide bonds. The summed E-state index contributed by atoms with van der Waals surface area (Å²) in [5.41, 5.74) is 2.09. The normalized spacial score (nSPS) is 13.5. The Kier molecular flexibility index (Phi) is 6.18. The number of rotatable bonds is 5. The van der Waals surface area contributed by atoms with Gasteiger partial charge in [0.1, 0.15) is 16.5 Å². The lowest BCUT2D eigenvalue weighted by molar-refractivity contribution is -0.120. The Labute approximate surface area is 198 Å². The number of amides is 3. The second-order valence-corrected chi connectivity index (χ2v) is 7.97. The number of carbonyl (C=O) groups excluding carboxylic acids is 3. The van der Waals surface area contributed by atoms with E-state index in [1.165, 1.54) is 36.4 Å². The number of anilines is 3. The second kappa shape index (κ2) is 9.05. The van der Waals surface area contributed by atoms with Crippen LogP contribution in [0.5, 0.6) is 0 Å². The van der Waals surface area contributed by atoms with E-state index in [0.29, 0.717) is 33.2 Å². The predicted octanol–water partition coefficient (Wildman–Crippen LogP) is 5.48. The Hall–Kier alpha value is -3.68. The average Bonchev–Trinajstić information content (AvgIpc) is 3.01. The minimum atomic E-state index is -0.662. The van der Waals surface area contributed by atoms with E-state index in [-0.39, 0.29) is 16.6 Å². The van der Waals surface area contributed by atoms with Gasteiger partial charge in [0.15, 0.2) is 0 Å². The molecule has 0 saturated carbocycles. The number of nitrogens with zero attached hydrogens (tertiary/aromatic N) is 1. The Morgan fingerprint density at radius 3 is 2.18 bits per heavy atom. The van der Waals surface area contributed by atoms with Crippen LogP contribution in [0, 0.1) is 12.7 Å². The van der Waals surface area contributed by atoms with Gasteiger partial charge in [0, 0.05) is 22.0 Å². The number of imide groups is 1. The summed E-state index contributed by atoms with van der Waals surface area (Å²) in [5.74, 6) is -2.07. The molecule has 2 N–H and O–H groups in total. The molecule has 0 aliphatic carbocycles. The topological polar surface area (TPSA) is 78.5 Å². The molecule has 0 atom stereocenters. The summed E-state index contributed by atoms with van der Waals surface area (Å²) in [6.07, 6.45) is 0. The molecule has 9 heteroatoms. The molecule has 4 rings (SSSR count). The van der Waals surface area contributed by atoms with E-state index >= 15 is 0 Å². The van der Waals surface area contributed by atoms with E-state index in [2.05, 4.69) is 10.6 Å². The minimum Gasteiger partial charge on any atom is -0.350 e. The first-order valence-corrected chi connectivity index (χ1v) is 10.5. The van der Waals surface area contributed by atoms with Crippen molar-refractivity contribution in [2.45, 2.75) is 6.92 Å². The average molecular weight is 484 g/mol. The zero-order chi connectivity index (χ0) is 23.7. The van der Waals surface area contributed by atoms with Gasteiger partial charge in [-0.15, -0.1) is 0 Å². The number of benzene rings is 3. The summed E-state index contributed by atoms with van der Waals surface area (Å²) >= 11 is 12.3. The molecule has 0 aromatic heterocycles. The lowest BCUT2D eigenvalue weighted by Gasteiger charge is -2.18. The maximum atomic E-state index is 13.0. The number of carbonyl (C=O) groups is 3. The van der Waals surface area contributed by atoms with Crippen molar-refractivity contribution in [3.8, 4) is 0 Å². The van der Waals surface area contributed by atoms with Crippen molar-refractivity contribution in [1.29, 1.82) is 0 Å². The van der Waals surface area contributed by atoms with Crippen LogP contribution in [0.2, 0.25) is 5.02 Å². The highest BCUT2D eigenvalue weighted by molar-refractivity contribution is 6.53. The summed E-state index contributed by atoms with van der Waals surface area (Å²) in [4.78, 5) is 39.0. The smallest absolute Gasteiger partial charge is 0.283 e.